The molecule has 0 aromatic carbocycles. The Bertz CT molecular complexity index is 924. The Kier molecular flexibility index (Phi) is 5.90. The summed E-state index contributed by atoms with van der Waals surface area (Å²) in [4.78, 5) is 18.5. The highest BCUT2D eigenvalue weighted by atomic mass is 32.2. The van der Waals surface area contributed by atoms with Gasteiger partial charge >= 0.3 is 0 Å². The van der Waals surface area contributed by atoms with E-state index in [1.54, 1.807) is 23.4 Å². The van der Waals surface area contributed by atoms with E-state index in [1.807, 2.05) is 13.8 Å². The summed E-state index contributed by atoms with van der Waals surface area (Å²) < 4.78 is 34.0. The Morgan fingerprint density at radius 2 is 1.93 bits per heavy atom. The highest BCUT2D eigenvalue weighted by molar-refractivity contribution is 7.89. The van der Waals surface area contributed by atoms with E-state index in [1.165, 1.54) is 10.5 Å². The van der Waals surface area contributed by atoms with Crippen LogP contribution in [0.2, 0.25) is 0 Å². The van der Waals surface area contributed by atoms with Gasteiger partial charge in [0, 0.05) is 51.4 Å². The van der Waals surface area contributed by atoms with Gasteiger partial charge in [-0.1, -0.05) is 5.16 Å². The Morgan fingerprint density at radius 3 is 2.54 bits per heavy atom. The summed E-state index contributed by atoms with van der Waals surface area (Å²) in [6.45, 7) is 7.05. The van der Waals surface area contributed by atoms with Crippen LogP contribution in [0.1, 0.15) is 35.7 Å². The minimum absolute atomic E-state index is 0.0212. The lowest BCUT2D eigenvalue weighted by molar-refractivity contribution is -0.131. The third-order valence-corrected chi connectivity index (χ3v) is 7.04. The fourth-order valence-corrected chi connectivity index (χ4v) is 4.91. The first-order chi connectivity index (χ1) is 13.2. The molecule has 2 aromatic heterocycles. The zero-order chi connectivity index (χ0) is 20.5. The SMILES string of the molecule is Cc1noc(C)c1CCC(=O)N1CCCN(S(=O)(=O)c2cn(C)c(C)n2)CC1. The minimum Gasteiger partial charge on any atom is -0.361 e. The maximum absolute atomic E-state index is 12.9. The zero-order valence-corrected chi connectivity index (χ0v) is 17.6. The molecule has 1 aliphatic heterocycles. The van der Waals surface area contributed by atoms with Gasteiger partial charge in [-0.3, -0.25) is 4.79 Å². The van der Waals surface area contributed by atoms with Gasteiger partial charge in [0.25, 0.3) is 10.0 Å². The third kappa shape index (κ3) is 4.12. The molecule has 0 unspecified atom stereocenters. The summed E-state index contributed by atoms with van der Waals surface area (Å²) >= 11 is 0. The molecule has 28 heavy (non-hydrogen) atoms. The second-order valence-corrected chi connectivity index (χ2v) is 9.06. The maximum atomic E-state index is 12.9. The zero-order valence-electron chi connectivity index (χ0n) is 16.8. The first-order valence-corrected chi connectivity index (χ1v) is 10.8. The third-order valence-electron chi connectivity index (χ3n) is 5.27. The normalized spacial score (nSPS) is 16.4. The summed E-state index contributed by atoms with van der Waals surface area (Å²) in [7, 11) is -1.89. The van der Waals surface area contributed by atoms with Gasteiger partial charge in [-0.2, -0.15) is 4.31 Å². The van der Waals surface area contributed by atoms with Crippen molar-refractivity contribution >= 4 is 15.9 Å². The van der Waals surface area contributed by atoms with Crippen LogP contribution in [-0.2, 0) is 28.3 Å². The molecule has 10 heteroatoms. The summed E-state index contributed by atoms with van der Waals surface area (Å²) in [6.07, 6.45) is 3.06. The number of rotatable bonds is 5. The average molecular weight is 410 g/mol. The van der Waals surface area contributed by atoms with E-state index in [2.05, 4.69) is 10.1 Å². The van der Waals surface area contributed by atoms with E-state index >= 15 is 0 Å². The number of carbonyl (C=O) groups excluding carboxylic acids is 1. The largest absolute Gasteiger partial charge is 0.361 e. The summed E-state index contributed by atoms with van der Waals surface area (Å²) in [5.74, 6) is 1.40. The predicted octanol–water partition coefficient (Wildman–Crippen LogP) is 1.19. The number of aromatic nitrogens is 3. The number of amides is 1. The number of imidazole rings is 1. The van der Waals surface area contributed by atoms with Crippen molar-refractivity contribution in [3.63, 3.8) is 0 Å². The van der Waals surface area contributed by atoms with Crippen LogP contribution in [0, 0.1) is 20.8 Å². The molecule has 1 fully saturated rings. The molecule has 0 N–H and O–H groups in total. The van der Waals surface area contributed by atoms with Crippen LogP contribution in [0.4, 0.5) is 0 Å². The van der Waals surface area contributed by atoms with Gasteiger partial charge in [-0.05, 0) is 33.6 Å². The summed E-state index contributed by atoms with van der Waals surface area (Å²) in [6, 6.07) is 0. The molecular formula is C18H27N5O4S. The fraction of sp³-hybridized carbons (Fsp3) is 0.611. The van der Waals surface area contributed by atoms with Crippen LogP contribution in [0.5, 0.6) is 0 Å². The Balaban J connectivity index is 1.62. The first kappa shape index (κ1) is 20.5. The summed E-state index contributed by atoms with van der Waals surface area (Å²) in [5, 5.41) is 3.98. The van der Waals surface area contributed by atoms with Crippen molar-refractivity contribution < 1.29 is 17.7 Å². The summed E-state index contributed by atoms with van der Waals surface area (Å²) in [5.41, 5.74) is 1.78. The van der Waals surface area contributed by atoms with Crippen molar-refractivity contribution in [3.8, 4) is 0 Å². The molecule has 0 bridgehead atoms. The molecule has 3 heterocycles. The quantitative estimate of drug-likeness (QED) is 0.735. The van der Waals surface area contributed by atoms with Crippen LogP contribution in [0.3, 0.4) is 0 Å². The van der Waals surface area contributed by atoms with Crippen molar-refractivity contribution in [1.82, 2.24) is 23.9 Å². The molecule has 0 radical (unpaired) electrons. The van der Waals surface area contributed by atoms with Gasteiger partial charge in [0.2, 0.25) is 5.91 Å². The van der Waals surface area contributed by atoms with Gasteiger partial charge in [0.1, 0.15) is 11.6 Å². The highest BCUT2D eigenvalue weighted by Crippen LogP contribution is 2.19. The van der Waals surface area contributed by atoms with Crippen molar-refractivity contribution in [1.29, 1.82) is 0 Å². The lowest BCUT2D eigenvalue weighted by atomic mass is 10.1. The number of nitrogens with zero attached hydrogens (tertiary/aromatic N) is 5. The number of hydrogen-bond donors (Lipinski definition) is 0. The van der Waals surface area contributed by atoms with Crippen molar-refractivity contribution in [3.05, 3.63) is 29.0 Å². The highest BCUT2D eigenvalue weighted by Gasteiger charge is 2.30. The maximum Gasteiger partial charge on any atom is 0.262 e. The van der Waals surface area contributed by atoms with Crippen molar-refractivity contribution in [2.24, 2.45) is 7.05 Å². The van der Waals surface area contributed by atoms with E-state index in [0.29, 0.717) is 44.7 Å². The van der Waals surface area contributed by atoms with Crippen LogP contribution < -0.4 is 0 Å². The molecule has 1 aliphatic rings. The van der Waals surface area contributed by atoms with Gasteiger partial charge in [-0.15, -0.1) is 0 Å². The molecule has 0 aliphatic carbocycles. The molecule has 0 atom stereocenters. The molecular weight excluding hydrogens is 382 g/mol. The Hall–Kier alpha value is -2.20. The van der Waals surface area contributed by atoms with Gasteiger partial charge in [0.15, 0.2) is 5.03 Å². The monoisotopic (exact) mass is 409 g/mol. The average Bonchev–Trinajstić information content (AvgIpc) is 3.03. The molecule has 154 valence electrons. The van der Waals surface area contributed by atoms with E-state index in [9.17, 15) is 13.2 Å². The number of carbonyl (C=O) groups is 1. The Morgan fingerprint density at radius 1 is 1.18 bits per heavy atom. The van der Waals surface area contributed by atoms with E-state index in [4.69, 9.17) is 4.52 Å². The fourth-order valence-electron chi connectivity index (χ4n) is 3.42. The molecule has 1 amide bonds. The first-order valence-electron chi connectivity index (χ1n) is 9.39. The van der Waals surface area contributed by atoms with Gasteiger partial charge in [-0.25, -0.2) is 13.4 Å². The number of sulfonamides is 1. The lowest BCUT2D eigenvalue weighted by Gasteiger charge is -2.21. The lowest BCUT2D eigenvalue weighted by Crippen LogP contribution is -2.37. The smallest absolute Gasteiger partial charge is 0.262 e. The van der Waals surface area contributed by atoms with Crippen LogP contribution >= 0.6 is 0 Å². The second-order valence-electron chi connectivity index (χ2n) is 7.18. The topological polar surface area (TPSA) is 102 Å². The van der Waals surface area contributed by atoms with Gasteiger partial charge in [0.05, 0.1) is 5.69 Å². The van der Waals surface area contributed by atoms with Crippen LogP contribution in [-0.4, -0.2) is 64.4 Å². The van der Waals surface area contributed by atoms with E-state index < -0.39 is 10.0 Å². The molecule has 3 rings (SSSR count). The van der Waals surface area contributed by atoms with Crippen molar-refractivity contribution in [2.75, 3.05) is 26.2 Å². The second kappa shape index (κ2) is 8.04. The Labute approximate surface area is 165 Å². The molecule has 0 saturated carbocycles. The molecule has 9 nitrogen and oxygen atoms in total. The number of aryl methyl sites for hydroxylation is 4. The predicted molar refractivity (Wildman–Crippen MR) is 102 cm³/mol. The molecule has 2 aromatic rings. The van der Waals surface area contributed by atoms with Crippen LogP contribution in [0.25, 0.3) is 0 Å². The standard InChI is InChI=1S/C18H27N5O4S/c1-13-16(14(2)27-20-13)6-7-18(24)22-8-5-9-23(11-10-22)28(25,26)17-12-21(4)15(3)19-17/h12H,5-11H2,1-4H3. The molecule has 0 spiro atoms. The van der Waals surface area contributed by atoms with Crippen LogP contribution in [0.15, 0.2) is 15.7 Å². The molecule has 1 saturated heterocycles. The van der Waals surface area contributed by atoms with Crippen molar-refractivity contribution in [2.45, 2.75) is 45.1 Å². The van der Waals surface area contributed by atoms with Gasteiger partial charge < -0.3 is 14.0 Å². The van der Waals surface area contributed by atoms with E-state index in [0.717, 1.165) is 17.0 Å². The number of hydrogen-bond acceptors (Lipinski definition) is 6. The van der Waals surface area contributed by atoms with E-state index in [-0.39, 0.29) is 17.5 Å². The minimum atomic E-state index is -3.65.